The lowest BCUT2D eigenvalue weighted by Crippen LogP contribution is -2.44. The summed E-state index contributed by atoms with van der Waals surface area (Å²) in [7, 11) is 1.61. The molecule has 1 aromatic carbocycles. The fraction of sp³-hybridized carbons (Fsp3) is 0.400. The lowest BCUT2D eigenvalue weighted by Gasteiger charge is -2.30. The molecule has 2 aromatic rings. The zero-order valence-electron chi connectivity index (χ0n) is 15.4. The number of carbonyl (C=O) groups is 2. The predicted molar refractivity (Wildman–Crippen MR) is 107 cm³/mol. The number of rotatable bonds is 8. The number of hydrogen-bond acceptors (Lipinski definition) is 5. The second-order valence-corrected chi connectivity index (χ2v) is 7.39. The highest BCUT2D eigenvalue weighted by atomic mass is 32.1. The summed E-state index contributed by atoms with van der Waals surface area (Å²) in [6, 6.07) is 12.5. The van der Waals surface area contributed by atoms with Crippen LogP contribution < -0.4 is 15.5 Å². The molecule has 0 saturated heterocycles. The van der Waals surface area contributed by atoms with E-state index in [-0.39, 0.29) is 6.04 Å². The van der Waals surface area contributed by atoms with Gasteiger partial charge in [0, 0.05) is 43.9 Å². The topological polar surface area (TPSA) is 70.7 Å². The van der Waals surface area contributed by atoms with Crippen molar-refractivity contribution in [3.8, 4) is 0 Å². The third-order valence-electron chi connectivity index (χ3n) is 4.64. The van der Waals surface area contributed by atoms with Crippen molar-refractivity contribution in [1.82, 2.24) is 10.6 Å². The van der Waals surface area contributed by atoms with Gasteiger partial charge in [-0.2, -0.15) is 0 Å². The van der Waals surface area contributed by atoms with E-state index in [0.29, 0.717) is 26.1 Å². The van der Waals surface area contributed by atoms with Crippen molar-refractivity contribution in [3.63, 3.8) is 0 Å². The molecular formula is C20H25N3O3S. The van der Waals surface area contributed by atoms with E-state index in [1.807, 2.05) is 17.5 Å². The number of hydrogen-bond donors (Lipinski definition) is 2. The predicted octanol–water partition coefficient (Wildman–Crippen LogP) is 2.12. The summed E-state index contributed by atoms with van der Waals surface area (Å²) in [4.78, 5) is 27.6. The molecule has 1 atom stereocenters. The third kappa shape index (κ3) is 4.87. The first-order valence-electron chi connectivity index (χ1n) is 9.13. The van der Waals surface area contributed by atoms with Crippen molar-refractivity contribution < 1.29 is 14.3 Å². The molecule has 144 valence electrons. The number of amides is 2. The van der Waals surface area contributed by atoms with Gasteiger partial charge in [0.05, 0.1) is 6.04 Å². The molecule has 2 N–H and O–H groups in total. The Labute approximate surface area is 163 Å². The molecule has 0 fully saturated rings. The Morgan fingerprint density at radius 2 is 2.00 bits per heavy atom. The Kier molecular flexibility index (Phi) is 6.84. The summed E-state index contributed by atoms with van der Waals surface area (Å²) in [6.45, 7) is 2.27. The summed E-state index contributed by atoms with van der Waals surface area (Å²) in [5, 5.41) is 7.46. The molecule has 7 heteroatoms. The normalized spacial score (nSPS) is 13.9. The molecule has 0 aliphatic carbocycles. The highest BCUT2D eigenvalue weighted by molar-refractivity contribution is 7.10. The Bertz CT molecular complexity index is 764. The van der Waals surface area contributed by atoms with Crippen LogP contribution in [0.25, 0.3) is 0 Å². The van der Waals surface area contributed by atoms with Gasteiger partial charge in [-0.25, -0.2) is 0 Å². The molecule has 0 unspecified atom stereocenters. The van der Waals surface area contributed by atoms with Crippen LogP contribution in [0.15, 0.2) is 41.8 Å². The third-order valence-corrected chi connectivity index (χ3v) is 5.62. The Balaban J connectivity index is 1.62. The van der Waals surface area contributed by atoms with Crippen molar-refractivity contribution in [2.75, 3.05) is 38.3 Å². The van der Waals surface area contributed by atoms with E-state index in [1.54, 1.807) is 18.4 Å². The second-order valence-electron chi connectivity index (χ2n) is 6.42. The molecule has 1 aromatic heterocycles. The fourth-order valence-corrected chi connectivity index (χ4v) is 4.14. The summed E-state index contributed by atoms with van der Waals surface area (Å²) in [6.07, 6.45) is 1.67. The number of anilines is 1. The summed E-state index contributed by atoms with van der Waals surface area (Å²) >= 11 is 1.66. The van der Waals surface area contributed by atoms with Gasteiger partial charge in [0.25, 0.3) is 0 Å². The fourth-order valence-electron chi connectivity index (χ4n) is 3.30. The van der Waals surface area contributed by atoms with Crippen LogP contribution in [-0.2, 0) is 20.7 Å². The number of thiophene rings is 1. The molecular weight excluding hydrogens is 362 g/mol. The van der Waals surface area contributed by atoms with E-state index in [0.717, 1.165) is 13.0 Å². The van der Waals surface area contributed by atoms with Crippen LogP contribution >= 0.6 is 11.3 Å². The van der Waals surface area contributed by atoms with Crippen molar-refractivity contribution in [3.05, 3.63) is 52.2 Å². The zero-order valence-corrected chi connectivity index (χ0v) is 16.3. The molecule has 0 saturated carbocycles. The van der Waals surface area contributed by atoms with Crippen LogP contribution in [0.3, 0.4) is 0 Å². The number of ether oxygens (including phenoxy) is 1. The minimum absolute atomic E-state index is 0.0129. The van der Waals surface area contributed by atoms with Crippen LogP contribution in [-0.4, -0.2) is 45.2 Å². The number of fused-ring (bicyclic) bond motifs is 1. The highest BCUT2D eigenvalue weighted by Gasteiger charge is 2.28. The smallest absolute Gasteiger partial charge is 0.309 e. The minimum atomic E-state index is -0.599. The molecule has 2 heterocycles. The van der Waals surface area contributed by atoms with Crippen LogP contribution in [0.2, 0.25) is 0 Å². The summed E-state index contributed by atoms with van der Waals surface area (Å²) < 4.78 is 4.93. The first kappa shape index (κ1) is 19.4. The Morgan fingerprint density at radius 3 is 2.78 bits per heavy atom. The number of benzene rings is 1. The van der Waals surface area contributed by atoms with Crippen LogP contribution in [0.5, 0.6) is 0 Å². The van der Waals surface area contributed by atoms with Crippen molar-refractivity contribution in [1.29, 1.82) is 0 Å². The molecule has 0 spiro atoms. The van der Waals surface area contributed by atoms with Crippen molar-refractivity contribution in [2.24, 2.45) is 0 Å². The lowest BCUT2D eigenvalue weighted by atomic mass is 10.1. The number of carbonyl (C=O) groups excluding carboxylic acids is 2. The number of methoxy groups -OCH3 is 1. The van der Waals surface area contributed by atoms with Crippen LogP contribution in [0.1, 0.15) is 22.9 Å². The molecule has 1 aliphatic rings. The van der Waals surface area contributed by atoms with E-state index in [9.17, 15) is 9.59 Å². The largest absolute Gasteiger partial charge is 0.385 e. The van der Waals surface area contributed by atoms with E-state index in [2.05, 4.69) is 39.8 Å². The Hall–Kier alpha value is -2.38. The van der Waals surface area contributed by atoms with E-state index >= 15 is 0 Å². The SMILES string of the molecule is COCCCNC(=O)C(=O)NC[C@@H](c1cccs1)N1CCc2ccccc21. The van der Waals surface area contributed by atoms with Crippen molar-refractivity contribution in [2.45, 2.75) is 18.9 Å². The highest BCUT2D eigenvalue weighted by Crippen LogP contribution is 2.36. The van der Waals surface area contributed by atoms with Crippen LogP contribution in [0.4, 0.5) is 5.69 Å². The van der Waals surface area contributed by atoms with E-state index < -0.39 is 11.8 Å². The maximum Gasteiger partial charge on any atom is 0.309 e. The zero-order chi connectivity index (χ0) is 19.1. The Morgan fingerprint density at radius 1 is 1.19 bits per heavy atom. The second kappa shape index (κ2) is 9.53. The van der Waals surface area contributed by atoms with Gasteiger partial charge in [0.15, 0.2) is 0 Å². The van der Waals surface area contributed by atoms with Gasteiger partial charge in [-0.3, -0.25) is 9.59 Å². The van der Waals surface area contributed by atoms with Gasteiger partial charge in [-0.15, -0.1) is 11.3 Å². The number of para-hydroxylation sites is 1. The van der Waals surface area contributed by atoms with Crippen molar-refractivity contribution >= 4 is 28.8 Å². The summed E-state index contributed by atoms with van der Waals surface area (Å²) in [5.74, 6) is -1.20. The molecule has 3 rings (SSSR count). The monoisotopic (exact) mass is 387 g/mol. The molecule has 2 amide bonds. The first-order valence-corrected chi connectivity index (χ1v) is 10.0. The molecule has 6 nitrogen and oxygen atoms in total. The van der Waals surface area contributed by atoms with Crippen LogP contribution in [0, 0.1) is 0 Å². The molecule has 27 heavy (non-hydrogen) atoms. The maximum atomic E-state index is 12.2. The summed E-state index contributed by atoms with van der Waals surface area (Å²) in [5.41, 5.74) is 2.52. The molecule has 0 radical (unpaired) electrons. The molecule has 0 bridgehead atoms. The standard InChI is InChI=1S/C20H25N3O3S/c1-26-12-5-10-21-19(24)20(25)22-14-17(18-8-4-13-27-18)23-11-9-15-6-2-3-7-16(15)23/h2-4,6-8,13,17H,5,9-12,14H2,1H3,(H,21,24)(H,22,25)/t17-/m0/s1. The minimum Gasteiger partial charge on any atom is -0.385 e. The van der Waals surface area contributed by atoms with Gasteiger partial charge >= 0.3 is 11.8 Å². The maximum absolute atomic E-state index is 12.2. The van der Waals surface area contributed by atoms with Gasteiger partial charge in [0.2, 0.25) is 0 Å². The number of nitrogens with zero attached hydrogens (tertiary/aromatic N) is 1. The quantitative estimate of drug-likeness (QED) is 0.538. The number of nitrogens with one attached hydrogen (secondary N) is 2. The first-order chi connectivity index (χ1) is 13.2. The van der Waals surface area contributed by atoms with Gasteiger partial charge in [0.1, 0.15) is 0 Å². The molecule has 1 aliphatic heterocycles. The van der Waals surface area contributed by atoms with Gasteiger partial charge in [-0.05, 0) is 35.9 Å². The average molecular weight is 388 g/mol. The van der Waals surface area contributed by atoms with E-state index in [4.69, 9.17) is 4.74 Å². The lowest BCUT2D eigenvalue weighted by molar-refractivity contribution is -0.139. The van der Waals surface area contributed by atoms with Gasteiger partial charge in [-0.1, -0.05) is 24.3 Å². The average Bonchev–Trinajstić information content (AvgIpc) is 3.36. The van der Waals surface area contributed by atoms with E-state index in [1.165, 1.54) is 16.1 Å². The van der Waals surface area contributed by atoms with Gasteiger partial charge < -0.3 is 20.3 Å².